The SMILES string of the molecule is COc1ccc(CP(Cl)Cl)cc1. The third-order valence-electron chi connectivity index (χ3n) is 1.46. The second kappa shape index (κ2) is 4.91. The van der Waals surface area contributed by atoms with Crippen LogP contribution in [0.25, 0.3) is 0 Å². The largest absolute Gasteiger partial charge is 0.497 e. The Kier molecular flexibility index (Phi) is 4.14. The molecular formula is C8H9Cl2OP. The van der Waals surface area contributed by atoms with Crippen LogP contribution in [0.4, 0.5) is 0 Å². The van der Waals surface area contributed by atoms with Crippen molar-refractivity contribution in [2.75, 3.05) is 7.11 Å². The van der Waals surface area contributed by atoms with E-state index < -0.39 is 6.63 Å². The van der Waals surface area contributed by atoms with Gasteiger partial charge in [-0.1, -0.05) is 34.6 Å². The Hall–Kier alpha value is 0.0300. The number of benzene rings is 1. The standard InChI is InChI=1S/C8H9Cl2OP/c1-11-8-4-2-7(3-5-8)6-12(9)10/h2-5H,6H2,1H3. The molecule has 1 aromatic rings. The molecule has 66 valence electrons. The maximum atomic E-state index is 5.68. The van der Waals surface area contributed by atoms with Crippen molar-refractivity contribution in [3.63, 3.8) is 0 Å². The fourth-order valence-electron chi connectivity index (χ4n) is 0.869. The van der Waals surface area contributed by atoms with Crippen LogP contribution < -0.4 is 4.74 Å². The zero-order chi connectivity index (χ0) is 8.97. The second-order valence-electron chi connectivity index (χ2n) is 2.31. The molecule has 0 spiro atoms. The van der Waals surface area contributed by atoms with Crippen LogP contribution in [-0.4, -0.2) is 7.11 Å². The maximum absolute atomic E-state index is 5.68. The molecule has 0 aliphatic rings. The first-order chi connectivity index (χ1) is 5.72. The van der Waals surface area contributed by atoms with Gasteiger partial charge in [-0.25, -0.2) is 0 Å². The summed E-state index contributed by atoms with van der Waals surface area (Å²) in [5.74, 6) is 0.854. The van der Waals surface area contributed by atoms with E-state index in [2.05, 4.69) is 0 Å². The van der Waals surface area contributed by atoms with Crippen LogP contribution in [0, 0.1) is 0 Å². The van der Waals surface area contributed by atoms with Crippen molar-refractivity contribution in [3.8, 4) is 5.75 Å². The van der Waals surface area contributed by atoms with Gasteiger partial charge in [-0.2, -0.15) is 0 Å². The zero-order valence-electron chi connectivity index (χ0n) is 6.63. The van der Waals surface area contributed by atoms with Gasteiger partial charge in [0.2, 0.25) is 0 Å². The molecule has 12 heavy (non-hydrogen) atoms. The molecule has 0 saturated carbocycles. The lowest BCUT2D eigenvalue weighted by atomic mass is 10.2. The highest BCUT2D eigenvalue weighted by Gasteiger charge is 2.00. The van der Waals surface area contributed by atoms with E-state index in [0.717, 1.165) is 17.5 Å². The van der Waals surface area contributed by atoms with E-state index >= 15 is 0 Å². The molecule has 0 radical (unpaired) electrons. The van der Waals surface area contributed by atoms with Crippen molar-refractivity contribution in [1.29, 1.82) is 0 Å². The number of hydrogen-bond acceptors (Lipinski definition) is 1. The summed E-state index contributed by atoms with van der Waals surface area (Å²) in [4.78, 5) is 0. The number of ether oxygens (including phenoxy) is 1. The van der Waals surface area contributed by atoms with E-state index in [-0.39, 0.29) is 0 Å². The maximum Gasteiger partial charge on any atom is 0.118 e. The van der Waals surface area contributed by atoms with Gasteiger partial charge in [0.25, 0.3) is 0 Å². The molecule has 0 aliphatic heterocycles. The predicted molar refractivity (Wildman–Crippen MR) is 55.3 cm³/mol. The normalized spacial score (nSPS) is 10.3. The van der Waals surface area contributed by atoms with Crippen LogP contribution in [0.5, 0.6) is 5.75 Å². The Morgan fingerprint density at radius 3 is 2.25 bits per heavy atom. The Balaban J connectivity index is 2.65. The summed E-state index contributed by atoms with van der Waals surface area (Å²) in [6.45, 7) is -0.887. The zero-order valence-corrected chi connectivity index (χ0v) is 9.03. The number of hydrogen-bond donors (Lipinski definition) is 0. The van der Waals surface area contributed by atoms with Crippen LogP contribution in [0.2, 0.25) is 0 Å². The van der Waals surface area contributed by atoms with Crippen molar-refractivity contribution in [2.45, 2.75) is 6.16 Å². The molecule has 0 amide bonds. The molecule has 0 heterocycles. The van der Waals surface area contributed by atoms with E-state index in [1.165, 1.54) is 0 Å². The third kappa shape index (κ3) is 3.18. The van der Waals surface area contributed by atoms with Crippen LogP contribution in [0.1, 0.15) is 5.56 Å². The molecule has 0 N–H and O–H groups in total. The highest BCUT2D eigenvalue weighted by atomic mass is 35.9. The Morgan fingerprint density at radius 1 is 1.25 bits per heavy atom. The topological polar surface area (TPSA) is 9.23 Å². The van der Waals surface area contributed by atoms with Crippen molar-refractivity contribution < 1.29 is 4.74 Å². The van der Waals surface area contributed by atoms with Gasteiger partial charge in [-0.15, -0.1) is 0 Å². The first-order valence-corrected chi connectivity index (χ1v) is 6.78. The van der Waals surface area contributed by atoms with Crippen molar-refractivity contribution >= 4 is 29.1 Å². The van der Waals surface area contributed by atoms with Gasteiger partial charge >= 0.3 is 0 Å². The fraction of sp³-hybridized carbons (Fsp3) is 0.250. The molecule has 0 atom stereocenters. The van der Waals surface area contributed by atoms with Gasteiger partial charge in [-0.05, 0) is 17.7 Å². The summed E-state index contributed by atoms with van der Waals surface area (Å²) in [5.41, 5.74) is 1.15. The van der Waals surface area contributed by atoms with E-state index in [1.54, 1.807) is 7.11 Å². The lowest BCUT2D eigenvalue weighted by Gasteiger charge is -2.02. The molecular weight excluding hydrogens is 214 g/mol. The van der Waals surface area contributed by atoms with E-state index in [4.69, 9.17) is 27.2 Å². The Bertz CT molecular complexity index is 235. The average Bonchev–Trinajstić information content (AvgIpc) is 2.05. The molecule has 1 nitrogen and oxygen atoms in total. The van der Waals surface area contributed by atoms with E-state index in [1.807, 2.05) is 24.3 Å². The second-order valence-corrected chi connectivity index (χ2v) is 6.20. The molecule has 0 aromatic heterocycles. The summed E-state index contributed by atoms with van der Waals surface area (Å²) in [6.07, 6.45) is 0.739. The van der Waals surface area contributed by atoms with Gasteiger partial charge < -0.3 is 4.74 Å². The summed E-state index contributed by atoms with van der Waals surface area (Å²) >= 11 is 11.4. The van der Waals surface area contributed by atoms with Gasteiger partial charge in [0.1, 0.15) is 5.75 Å². The van der Waals surface area contributed by atoms with Crippen LogP contribution >= 0.6 is 29.1 Å². The first-order valence-electron chi connectivity index (χ1n) is 3.44. The summed E-state index contributed by atoms with van der Waals surface area (Å²) in [5, 5.41) is 0. The number of rotatable bonds is 3. The molecule has 0 bridgehead atoms. The van der Waals surface area contributed by atoms with Gasteiger partial charge in [0.05, 0.1) is 13.7 Å². The first kappa shape index (κ1) is 10.1. The van der Waals surface area contributed by atoms with E-state index in [0.29, 0.717) is 0 Å². The minimum absolute atomic E-state index is 0.739. The summed E-state index contributed by atoms with van der Waals surface area (Å²) in [6, 6.07) is 7.75. The Morgan fingerprint density at radius 2 is 1.83 bits per heavy atom. The number of methoxy groups -OCH3 is 1. The van der Waals surface area contributed by atoms with Crippen LogP contribution in [0.3, 0.4) is 0 Å². The molecule has 0 fully saturated rings. The quantitative estimate of drug-likeness (QED) is 0.704. The highest BCUT2D eigenvalue weighted by molar-refractivity contribution is 8.03. The minimum Gasteiger partial charge on any atom is -0.497 e. The average molecular weight is 223 g/mol. The van der Waals surface area contributed by atoms with Gasteiger partial charge in [0, 0.05) is 6.16 Å². The molecule has 1 rings (SSSR count). The minimum atomic E-state index is -0.887. The molecule has 0 saturated heterocycles. The molecule has 0 aliphatic carbocycles. The monoisotopic (exact) mass is 222 g/mol. The fourth-order valence-corrected chi connectivity index (χ4v) is 2.18. The van der Waals surface area contributed by atoms with Crippen molar-refractivity contribution in [2.24, 2.45) is 0 Å². The van der Waals surface area contributed by atoms with Gasteiger partial charge in [-0.3, -0.25) is 0 Å². The summed E-state index contributed by atoms with van der Waals surface area (Å²) < 4.78 is 5.01. The lowest BCUT2D eigenvalue weighted by Crippen LogP contribution is -1.83. The van der Waals surface area contributed by atoms with Crippen LogP contribution in [-0.2, 0) is 6.16 Å². The highest BCUT2D eigenvalue weighted by Crippen LogP contribution is 2.49. The van der Waals surface area contributed by atoms with E-state index in [9.17, 15) is 0 Å². The molecule has 1 aromatic carbocycles. The Labute approximate surface area is 83.0 Å². The lowest BCUT2D eigenvalue weighted by molar-refractivity contribution is 0.414. The smallest absolute Gasteiger partial charge is 0.118 e. The molecule has 4 heteroatoms. The van der Waals surface area contributed by atoms with Gasteiger partial charge in [0.15, 0.2) is 0 Å². The van der Waals surface area contributed by atoms with Crippen LogP contribution in [0.15, 0.2) is 24.3 Å². The molecule has 0 unspecified atom stereocenters. The van der Waals surface area contributed by atoms with Crippen molar-refractivity contribution in [1.82, 2.24) is 0 Å². The number of halogens is 2. The third-order valence-corrected chi connectivity index (χ3v) is 2.78. The van der Waals surface area contributed by atoms with Crippen molar-refractivity contribution in [3.05, 3.63) is 29.8 Å². The summed E-state index contributed by atoms with van der Waals surface area (Å²) in [7, 11) is 1.64. The predicted octanol–water partition coefficient (Wildman–Crippen LogP) is 3.98.